The van der Waals surface area contributed by atoms with Gasteiger partial charge in [-0.3, -0.25) is 4.79 Å². The van der Waals surface area contributed by atoms with E-state index < -0.39 is 0 Å². The number of hydrogen-bond acceptors (Lipinski definition) is 3. The molecule has 1 aliphatic rings. The summed E-state index contributed by atoms with van der Waals surface area (Å²) in [6, 6.07) is 7.88. The number of nitrogens with one attached hydrogen (secondary N) is 1. The zero-order valence-electron chi connectivity index (χ0n) is 10.3. The molecule has 1 amide bonds. The second kappa shape index (κ2) is 5.19. The van der Waals surface area contributed by atoms with Crippen molar-refractivity contribution in [1.82, 2.24) is 5.32 Å². The van der Waals surface area contributed by atoms with Crippen molar-refractivity contribution in [3.63, 3.8) is 0 Å². The number of methoxy groups -OCH3 is 1. The molecule has 1 heterocycles. The molecule has 1 saturated heterocycles. The topological polar surface area (TPSA) is 41.6 Å². The molecule has 17 heavy (non-hydrogen) atoms. The lowest BCUT2D eigenvalue weighted by Crippen LogP contribution is -2.32. The van der Waals surface area contributed by atoms with Gasteiger partial charge in [-0.05, 0) is 18.7 Å². The summed E-state index contributed by atoms with van der Waals surface area (Å²) in [6.07, 6.45) is 0.574. The molecule has 0 radical (unpaired) electrons. The van der Waals surface area contributed by atoms with Gasteiger partial charge in [0.1, 0.15) is 5.75 Å². The van der Waals surface area contributed by atoms with Gasteiger partial charge in [-0.25, -0.2) is 0 Å². The Morgan fingerprint density at radius 3 is 3.06 bits per heavy atom. The van der Waals surface area contributed by atoms with Crippen LogP contribution in [0.15, 0.2) is 24.3 Å². The largest absolute Gasteiger partial charge is 0.497 e. The van der Waals surface area contributed by atoms with Gasteiger partial charge in [-0.2, -0.15) is 0 Å². The van der Waals surface area contributed by atoms with E-state index in [2.05, 4.69) is 12.2 Å². The molecule has 1 aromatic carbocycles. The number of carbonyl (C=O) groups is 1. The van der Waals surface area contributed by atoms with Gasteiger partial charge in [0.05, 0.1) is 7.11 Å². The van der Waals surface area contributed by atoms with Gasteiger partial charge >= 0.3 is 0 Å². The first kappa shape index (κ1) is 11.9. The highest BCUT2D eigenvalue weighted by atomic mass is 16.5. The Morgan fingerprint density at radius 1 is 1.53 bits per heavy atom. The highest BCUT2D eigenvalue weighted by Crippen LogP contribution is 2.25. The molecule has 0 spiro atoms. The summed E-state index contributed by atoms with van der Waals surface area (Å²) in [4.78, 5) is 13.7. The second-order valence-corrected chi connectivity index (χ2v) is 4.16. The van der Waals surface area contributed by atoms with Crippen molar-refractivity contribution in [1.29, 1.82) is 0 Å². The summed E-state index contributed by atoms with van der Waals surface area (Å²) in [7, 11) is 1.63. The Bertz CT molecular complexity index is 406. The molecule has 4 heteroatoms. The summed E-state index contributed by atoms with van der Waals surface area (Å²) in [5.41, 5.74) is 0.912. The van der Waals surface area contributed by atoms with E-state index in [0.29, 0.717) is 6.42 Å². The number of anilines is 1. The minimum Gasteiger partial charge on any atom is -0.497 e. The van der Waals surface area contributed by atoms with Crippen LogP contribution in [0.3, 0.4) is 0 Å². The number of carbonyl (C=O) groups excluding carboxylic acids is 1. The SMILES string of the molecule is CCNC1CC(=O)N(c2cccc(OC)c2)C1. The zero-order chi connectivity index (χ0) is 12.3. The van der Waals surface area contributed by atoms with E-state index in [1.165, 1.54) is 0 Å². The third kappa shape index (κ3) is 2.58. The van der Waals surface area contributed by atoms with Crippen molar-refractivity contribution < 1.29 is 9.53 Å². The van der Waals surface area contributed by atoms with E-state index in [1.54, 1.807) is 7.11 Å². The third-order valence-electron chi connectivity index (χ3n) is 2.98. The van der Waals surface area contributed by atoms with Crippen LogP contribution in [0.4, 0.5) is 5.69 Å². The molecule has 4 nitrogen and oxygen atoms in total. The predicted molar refractivity (Wildman–Crippen MR) is 67.4 cm³/mol. The first-order chi connectivity index (χ1) is 8.24. The van der Waals surface area contributed by atoms with Crippen LogP contribution in [-0.4, -0.2) is 32.1 Å². The maximum Gasteiger partial charge on any atom is 0.228 e. The van der Waals surface area contributed by atoms with E-state index in [-0.39, 0.29) is 11.9 Å². The molecule has 1 unspecified atom stereocenters. The van der Waals surface area contributed by atoms with Crippen molar-refractivity contribution in [2.75, 3.05) is 25.1 Å². The molecule has 1 fully saturated rings. The predicted octanol–water partition coefficient (Wildman–Crippen LogP) is 1.41. The number of rotatable bonds is 4. The van der Waals surface area contributed by atoms with Crippen molar-refractivity contribution >= 4 is 11.6 Å². The Hall–Kier alpha value is -1.55. The smallest absolute Gasteiger partial charge is 0.228 e. The van der Waals surface area contributed by atoms with Gasteiger partial charge < -0.3 is 15.0 Å². The Labute approximate surface area is 102 Å². The zero-order valence-corrected chi connectivity index (χ0v) is 10.3. The molecule has 0 aliphatic carbocycles. The number of ether oxygens (including phenoxy) is 1. The normalized spacial score (nSPS) is 19.8. The standard InChI is InChI=1S/C13H18N2O2/c1-3-14-10-7-13(16)15(9-10)11-5-4-6-12(8-11)17-2/h4-6,8,10,14H,3,7,9H2,1-2H3. The number of hydrogen-bond donors (Lipinski definition) is 1. The van der Waals surface area contributed by atoms with Gasteiger partial charge in [0, 0.05) is 30.8 Å². The molecular weight excluding hydrogens is 216 g/mol. The summed E-state index contributed by atoms with van der Waals surface area (Å²) in [5, 5.41) is 3.31. The van der Waals surface area contributed by atoms with Crippen LogP contribution < -0.4 is 15.0 Å². The highest BCUT2D eigenvalue weighted by Gasteiger charge is 2.29. The highest BCUT2D eigenvalue weighted by molar-refractivity contribution is 5.96. The molecule has 1 atom stereocenters. The van der Waals surface area contributed by atoms with Crippen LogP contribution in [-0.2, 0) is 4.79 Å². The first-order valence-electron chi connectivity index (χ1n) is 5.92. The van der Waals surface area contributed by atoms with Crippen molar-refractivity contribution in [2.24, 2.45) is 0 Å². The lowest BCUT2D eigenvalue weighted by atomic mass is 10.2. The molecule has 2 rings (SSSR count). The average molecular weight is 234 g/mol. The fraction of sp³-hybridized carbons (Fsp3) is 0.462. The van der Waals surface area contributed by atoms with Crippen LogP contribution in [0.1, 0.15) is 13.3 Å². The minimum atomic E-state index is 0.171. The monoisotopic (exact) mass is 234 g/mol. The van der Waals surface area contributed by atoms with Crippen LogP contribution in [0.2, 0.25) is 0 Å². The van der Waals surface area contributed by atoms with Gasteiger partial charge in [-0.1, -0.05) is 13.0 Å². The lowest BCUT2D eigenvalue weighted by molar-refractivity contribution is -0.117. The Kier molecular flexibility index (Phi) is 3.64. The van der Waals surface area contributed by atoms with Crippen LogP contribution in [0.25, 0.3) is 0 Å². The maximum atomic E-state index is 11.9. The number of nitrogens with zero attached hydrogens (tertiary/aromatic N) is 1. The molecule has 0 saturated carbocycles. The number of likely N-dealkylation sites (N-methyl/N-ethyl adjacent to an activating group) is 1. The fourth-order valence-corrected chi connectivity index (χ4v) is 2.16. The molecule has 1 aromatic rings. The van der Waals surface area contributed by atoms with E-state index in [0.717, 1.165) is 24.5 Å². The van der Waals surface area contributed by atoms with Crippen LogP contribution in [0, 0.1) is 0 Å². The molecule has 1 aliphatic heterocycles. The molecule has 0 aromatic heterocycles. The van der Waals surface area contributed by atoms with Crippen molar-refractivity contribution in [3.05, 3.63) is 24.3 Å². The summed E-state index contributed by atoms with van der Waals surface area (Å²) in [6.45, 7) is 3.68. The van der Waals surface area contributed by atoms with Crippen LogP contribution in [0.5, 0.6) is 5.75 Å². The minimum absolute atomic E-state index is 0.171. The summed E-state index contributed by atoms with van der Waals surface area (Å²) < 4.78 is 5.17. The molecule has 92 valence electrons. The van der Waals surface area contributed by atoms with E-state index in [4.69, 9.17) is 4.74 Å². The maximum absolute atomic E-state index is 11.9. The number of benzene rings is 1. The van der Waals surface area contributed by atoms with Crippen molar-refractivity contribution in [3.8, 4) is 5.75 Å². The fourth-order valence-electron chi connectivity index (χ4n) is 2.16. The van der Waals surface area contributed by atoms with E-state index >= 15 is 0 Å². The van der Waals surface area contributed by atoms with Gasteiger partial charge in [0.25, 0.3) is 0 Å². The first-order valence-corrected chi connectivity index (χ1v) is 5.92. The van der Waals surface area contributed by atoms with E-state index in [1.807, 2.05) is 29.2 Å². The van der Waals surface area contributed by atoms with Gasteiger partial charge in [0.2, 0.25) is 5.91 Å². The lowest BCUT2D eigenvalue weighted by Gasteiger charge is -2.17. The average Bonchev–Trinajstić information content (AvgIpc) is 2.71. The van der Waals surface area contributed by atoms with Gasteiger partial charge in [0.15, 0.2) is 0 Å². The van der Waals surface area contributed by atoms with Crippen molar-refractivity contribution in [2.45, 2.75) is 19.4 Å². The van der Waals surface area contributed by atoms with Gasteiger partial charge in [-0.15, -0.1) is 0 Å². The molecule has 1 N–H and O–H groups in total. The third-order valence-corrected chi connectivity index (χ3v) is 2.98. The quantitative estimate of drug-likeness (QED) is 0.856. The molecular formula is C13H18N2O2. The van der Waals surface area contributed by atoms with Crippen LogP contribution >= 0.6 is 0 Å². The molecule has 0 bridgehead atoms. The summed E-state index contributed by atoms with van der Waals surface area (Å²) >= 11 is 0. The van der Waals surface area contributed by atoms with E-state index in [9.17, 15) is 4.79 Å². The Morgan fingerprint density at radius 2 is 2.35 bits per heavy atom. The Balaban J connectivity index is 2.14. The number of amides is 1. The summed E-state index contributed by atoms with van der Waals surface area (Å²) in [5.74, 6) is 0.950. The second-order valence-electron chi connectivity index (χ2n) is 4.16.